The number of anilines is 2. The molecule has 0 saturated carbocycles. The van der Waals surface area contributed by atoms with Gasteiger partial charge in [0.1, 0.15) is 17.4 Å². The van der Waals surface area contributed by atoms with Crippen molar-refractivity contribution in [3.63, 3.8) is 0 Å². The Morgan fingerprint density at radius 1 is 1.29 bits per heavy atom. The topological polar surface area (TPSA) is 74.1 Å². The first kappa shape index (κ1) is 17.4. The van der Waals surface area contributed by atoms with E-state index >= 15 is 0 Å². The molecule has 0 saturated heterocycles. The van der Waals surface area contributed by atoms with Gasteiger partial charge in [-0.05, 0) is 36.8 Å². The second kappa shape index (κ2) is 8.04. The molecule has 2 aromatic rings. The van der Waals surface area contributed by atoms with Gasteiger partial charge in [-0.25, -0.2) is 0 Å². The van der Waals surface area contributed by atoms with Crippen molar-refractivity contribution >= 4 is 28.9 Å². The highest BCUT2D eigenvalue weighted by molar-refractivity contribution is 6.32. The maximum Gasteiger partial charge on any atom is 0.267 e. The lowest BCUT2D eigenvalue weighted by atomic mass is 10.2. The van der Waals surface area contributed by atoms with Gasteiger partial charge in [-0.3, -0.25) is 4.79 Å². The van der Waals surface area contributed by atoms with Gasteiger partial charge >= 0.3 is 0 Å². The van der Waals surface area contributed by atoms with E-state index in [-0.39, 0.29) is 5.57 Å². The Labute approximate surface area is 145 Å². The van der Waals surface area contributed by atoms with Gasteiger partial charge in [0.15, 0.2) is 0 Å². The van der Waals surface area contributed by atoms with Crippen LogP contribution in [0.15, 0.2) is 54.2 Å². The quantitative estimate of drug-likeness (QED) is 0.634. The second-order valence-corrected chi connectivity index (χ2v) is 5.34. The summed E-state index contributed by atoms with van der Waals surface area (Å²) < 4.78 is 5.05. The lowest BCUT2D eigenvalue weighted by molar-refractivity contribution is -0.112. The van der Waals surface area contributed by atoms with E-state index < -0.39 is 5.91 Å². The van der Waals surface area contributed by atoms with Crippen LogP contribution in [0.3, 0.4) is 0 Å². The minimum Gasteiger partial charge on any atom is -0.495 e. The van der Waals surface area contributed by atoms with Crippen LogP contribution in [-0.4, -0.2) is 13.0 Å². The van der Waals surface area contributed by atoms with Crippen LogP contribution in [-0.2, 0) is 4.79 Å². The predicted molar refractivity (Wildman–Crippen MR) is 95.1 cm³/mol. The number of amides is 1. The molecule has 5 nitrogen and oxygen atoms in total. The second-order valence-electron chi connectivity index (χ2n) is 4.93. The molecule has 0 aliphatic rings. The van der Waals surface area contributed by atoms with Crippen molar-refractivity contribution in [3.8, 4) is 11.8 Å². The fraction of sp³-hybridized carbons (Fsp3) is 0.111. The molecular formula is C18H16ClN3O2. The first-order chi connectivity index (χ1) is 11.5. The number of hydrogen-bond donors (Lipinski definition) is 2. The molecule has 2 N–H and O–H groups in total. The molecule has 0 aliphatic heterocycles. The van der Waals surface area contributed by atoms with E-state index in [0.717, 1.165) is 11.3 Å². The monoisotopic (exact) mass is 341 g/mol. The van der Waals surface area contributed by atoms with Crippen molar-refractivity contribution in [2.24, 2.45) is 0 Å². The number of rotatable bonds is 5. The molecular weight excluding hydrogens is 326 g/mol. The number of carbonyl (C=O) groups is 1. The third kappa shape index (κ3) is 4.28. The summed E-state index contributed by atoms with van der Waals surface area (Å²) in [5.74, 6) is -0.0215. The van der Waals surface area contributed by atoms with Crippen LogP contribution in [0.25, 0.3) is 0 Å². The highest BCUT2D eigenvalue weighted by atomic mass is 35.5. The maximum absolute atomic E-state index is 12.2. The van der Waals surface area contributed by atoms with Crippen molar-refractivity contribution in [2.75, 3.05) is 17.7 Å². The zero-order chi connectivity index (χ0) is 17.5. The standard InChI is InChI=1S/C18H16ClN3O2/c1-12-5-3-4-6-16(12)21-11-13(10-20)18(23)22-14-7-8-17(24-2)15(19)9-14/h3-9,11,21H,1-2H3,(H,22,23)/b13-11-. The molecule has 6 heteroatoms. The third-order valence-electron chi connectivity index (χ3n) is 3.29. The van der Waals surface area contributed by atoms with Gasteiger partial charge in [0.2, 0.25) is 0 Å². The van der Waals surface area contributed by atoms with E-state index in [4.69, 9.17) is 16.3 Å². The molecule has 122 valence electrons. The van der Waals surface area contributed by atoms with Gasteiger partial charge in [0.25, 0.3) is 5.91 Å². The van der Waals surface area contributed by atoms with Crippen molar-refractivity contribution < 1.29 is 9.53 Å². The Morgan fingerprint density at radius 2 is 2.04 bits per heavy atom. The minimum absolute atomic E-state index is 0.0507. The summed E-state index contributed by atoms with van der Waals surface area (Å²) in [4.78, 5) is 12.2. The highest BCUT2D eigenvalue weighted by Crippen LogP contribution is 2.27. The molecule has 2 rings (SSSR count). The van der Waals surface area contributed by atoms with Crippen LogP contribution in [0.5, 0.6) is 5.75 Å². The summed E-state index contributed by atoms with van der Waals surface area (Å²) in [5, 5.41) is 15.2. The Hall–Kier alpha value is -2.97. The summed E-state index contributed by atoms with van der Waals surface area (Å²) >= 11 is 6.02. The number of carbonyl (C=O) groups excluding carboxylic acids is 1. The number of halogens is 1. The number of benzene rings is 2. The summed E-state index contributed by atoms with van der Waals surface area (Å²) in [7, 11) is 1.51. The highest BCUT2D eigenvalue weighted by Gasteiger charge is 2.11. The first-order valence-corrected chi connectivity index (χ1v) is 7.50. The number of nitriles is 1. The van der Waals surface area contributed by atoms with Crippen LogP contribution < -0.4 is 15.4 Å². The average Bonchev–Trinajstić information content (AvgIpc) is 2.57. The van der Waals surface area contributed by atoms with Crippen LogP contribution >= 0.6 is 11.6 Å². The normalized spacial score (nSPS) is 10.7. The Kier molecular flexibility index (Phi) is 5.83. The largest absolute Gasteiger partial charge is 0.495 e. The number of methoxy groups -OCH3 is 1. The number of ether oxygens (including phenoxy) is 1. The molecule has 0 atom stereocenters. The Balaban J connectivity index is 2.12. The van der Waals surface area contributed by atoms with Crippen molar-refractivity contribution in [3.05, 3.63) is 64.8 Å². The van der Waals surface area contributed by atoms with Gasteiger partial charge in [-0.15, -0.1) is 0 Å². The molecule has 0 bridgehead atoms. The number of nitrogens with zero attached hydrogens (tertiary/aromatic N) is 1. The van der Waals surface area contributed by atoms with Gasteiger partial charge in [-0.1, -0.05) is 29.8 Å². The van der Waals surface area contributed by atoms with Crippen LogP contribution in [0, 0.1) is 18.3 Å². The number of nitrogens with one attached hydrogen (secondary N) is 2. The lowest BCUT2D eigenvalue weighted by Gasteiger charge is -2.08. The summed E-state index contributed by atoms with van der Waals surface area (Å²) in [5.41, 5.74) is 2.26. The van der Waals surface area contributed by atoms with Gasteiger partial charge in [-0.2, -0.15) is 5.26 Å². The van der Waals surface area contributed by atoms with E-state index in [2.05, 4.69) is 10.6 Å². The predicted octanol–water partition coefficient (Wildman–Crippen LogP) is 4.12. The fourth-order valence-corrected chi connectivity index (χ4v) is 2.23. The van der Waals surface area contributed by atoms with Gasteiger partial charge in [0.05, 0.1) is 12.1 Å². The van der Waals surface area contributed by atoms with E-state index in [1.807, 2.05) is 37.3 Å². The van der Waals surface area contributed by atoms with Crippen molar-refractivity contribution in [1.82, 2.24) is 0 Å². The maximum atomic E-state index is 12.2. The summed E-state index contributed by atoms with van der Waals surface area (Å²) in [6, 6.07) is 14.3. The molecule has 24 heavy (non-hydrogen) atoms. The fourth-order valence-electron chi connectivity index (χ4n) is 1.98. The molecule has 0 aromatic heterocycles. The summed E-state index contributed by atoms with van der Waals surface area (Å²) in [6.45, 7) is 1.93. The number of para-hydroxylation sites is 1. The van der Waals surface area contributed by atoms with Gasteiger partial charge in [0, 0.05) is 17.6 Å². The molecule has 0 spiro atoms. The Bertz CT molecular complexity index is 825. The van der Waals surface area contributed by atoms with Crippen LogP contribution in [0.4, 0.5) is 11.4 Å². The van der Waals surface area contributed by atoms with Crippen LogP contribution in [0.1, 0.15) is 5.56 Å². The molecule has 0 heterocycles. The minimum atomic E-state index is -0.528. The molecule has 0 aliphatic carbocycles. The Morgan fingerprint density at radius 3 is 2.67 bits per heavy atom. The van der Waals surface area contributed by atoms with E-state index in [1.54, 1.807) is 18.2 Å². The van der Waals surface area contributed by atoms with E-state index in [0.29, 0.717) is 16.5 Å². The molecule has 0 fully saturated rings. The smallest absolute Gasteiger partial charge is 0.267 e. The number of hydrogen-bond acceptors (Lipinski definition) is 4. The molecule has 0 radical (unpaired) electrons. The van der Waals surface area contributed by atoms with Crippen molar-refractivity contribution in [1.29, 1.82) is 5.26 Å². The molecule has 1 amide bonds. The summed E-state index contributed by atoms with van der Waals surface area (Å²) in [6.07, 6.45) is 1.38. The molecule has 2 aromatic carbocycles. The number of aryl methyl sites for hydroxylation is 1. The van der Waals surface area contributed by atoms with Crippen molar-refractivity contribution in [2.45, 2.75) is 6.92 Å². The molecule has 0 unspecified atom stereocenters. The zero-order valence-electron chi connectivity index (χ0n) is 13.3. The third-order valence-corrected chi connectivity index (χ3v) is 3.59. The van der Waals surface area contributed by atoms with E-state index in [1.165, 1.54) is 13.3 Å². The zero-order valence-corrected chi connectivity index (χ0v) is 14.0. The SMILES string of the molecule is COc1ccc(NC(=O)/C(C#N)=C\Nc2ccccc2C)cc1Cl. The first-order valence-electron chi connectivity index (χ1n) is 7.12. The van der Waals surface area contributed by atoms with E-state index in [9.17, 15) is 10.1 Å². The lowest BCUT2D eigenvalue weighted by Crippen LogP contribution is -2.14. The van der Waals surface area contributed by atoms with Gasteiger partial charge < -0.3 is 15.4 Å². The average molecular weight is 342 g/mol. The van der Waals surface area contributed by atoms with Crippen LogP contribution in [0.2, 0.25) is 5.02 Å².